The summed E-state index contributed by atoms with van der Waals surface area (Å²) in [5.74, 6) is 0. The van der Waals surface area contributed by atoms with Gasteiger partial charge in [-0.25, -0.2) is 4.79 Å². The zero-order chi connectivity index (χ0) is 15.1. The van der Waals surface area contributed by atoms with E-state index < -0.39 is 0 Å². The molecule has 1 atom stereocenters. The standard InChI is InChI=1S/C16H21N3O2/c1-21-11-13(17)9-10-18-16(20)19-15-8-4-6-12-5-2-3-7-14(12)15/h2-8,13H,9-11,17H2,1H3,(H2,18,19,20). The average Bonchev–Trinajstić information content (AvgIpc) is 2.48. The largest absolute Gasteiger partial charge is 0.383 e. The van der Waals surface area contributed by atoms with Gasteiger partial charge in [0.05, 0.1) is 12.3 Å². The molecule has 5 nitrogen and oxygen atoms in total. The average molecular weight is 287 g/mol. The van der Waals surface area contributed by atoms with Crippen LogP contribution in [0.5, 0.6) is 0 Å². The van der Waals surface area contributed by atoms with E-state index in [1.807, 2.05) is 42.5 Å². The van der Waals surface area contributed by atoms with Crippen molar-refractivity contribution in [1.29, 1.82) is 0 Å². The van der Waals surface area contributed by atoms with Crippen LogP contribution in [0.25, 0.3) is 10.8 Å². The van der Waals surface area contributed by atoms with Gasteiger partial charge in [-0.05, 0) is 17.9 Å². The van der Waals surface area contributed by atoms with Crippen LogP contribution in [-0.2, 0) is 4.74 Å². The van der Waals surface area contributed by atoms with Crippen molar-refractivity contribution >= 4 is 22.5 Å². The summed E-state index contributed by atoms with van der Waals surface area (Å²) in [6.45, 7) is 1.01. The maximum Gasteiger partial charge on any atom is 0.319 e. The Kier molecular flexibility index (Phi) is 5.54. The van der Waals surface area contributed by atoms with Crippen LogP contribution in [0.2, 0.25) is 0 Å². The Balaban J connectivity index is 1.90. The maximum absolute atomic E-state index is 11.9. The van der Waals surface area contributed by atoms with E-state index in [0.717, 1.165) is 16.5 Å². The molecule has 0 heterocycles. The smallest absolute Gasteiger partial charge is 0.319 e. The number of nitrogens with one attached hydrogen (secondary N) is 2. The number of fused-ring (bicyclic) bond motifs is 1. The normalized spacial score (nSPS) is 12.1. The minimum Gasteiger partial charge on any atom is -0.383 e. The fraction of sp³-hybridized carbons (Fsp3) is 0.312. The first-order valence-corrected chi connectivity index (χ1v) is 6.98. The number of methoxy groups -OCH3 is 1. The zero-order valence-corrected chi connectivity index (χ0v) is 12.1. The number of carbonyl (C=O) groups is 1. The van der Waals surface area contributed by atoms with E-state index in [9.17, 15) is 4.79 Å². The second-order valence-electron chi connectivity index (χ2n) is 4.91. The highest BCUT2D eigenvalue weighted by Crippen LogP contribution is 2.22. The minimum absolute atomic E-state index is 0.0622. The minimum atomic E-state index is -0.226. The summed E-state index contributed by atoms with van der Waals surface area (Å²) in [7, 11) is 1.61. The Morgan fingerprint density at radius 2 is 2.00 bits per heavy atom. The van der Waals surface area contributed by atoms with E-state index >= 15 is 0 Å². The summed E-state index contributed by atoms with van der Waals surface area (Å²) in [5, 5.41) is 7.78. The number of hydrogen-bond acceptors (Lipinski definition) is 3. The third-order valence-corrected chi connectivity index (χ3v) is 3.22. The SMILES string of the molecule is COCC(N)CCNC(=O)Nc1cccc2ccccc12. The molecular formula is C16H21N3O2. The first-order chi connectivity index (χ1) is 10.2. The number of hydrogen-bond donors (Lipinski definition) is 3. The van der Waals surface area contributed by atoms with Gasteiger partial charge in [-0.1, -0.05) is 36.4 Å². The van der Waals surface area contributed by atoms with E-state index in [1.54, 1.807) is 7.11 Å². The van der Waals surface area contributed by atoms with Crippen molar-refractivity contribution in [2.75, 3.05) is 25.6 Å². The molecule has 2 amide bonds. The number of benzene rings is 2. The number of rotatable bonds is 6. The highest BCUT2D eigenvalue weighted by Gasteiger charge is 2.06. The van der Waals surface area contributed by atoms with E-state index in [4.69, 9.17) is 10.5 Å². The lowest BCUT2D eigenvalue weighted by molar-refractivity contribution is 0.177. The Bertz CT molecular complexity index is 596. The molecule has 0 spiro atoms. The van der Waals surface area contributed by atoms with Gasteiger partial charge in [0, 0.05) is 25.1 Å². The molecule has 0 saturated carbocycles. The van der Waals surface area contributed by atoms with Gasteiger partial charge in [-0.3, -0.25) is 0 Å². The fourth-order valence-corrected chi connectivity index (χ4v) is 2.17. The van der Waals surface area contributed by atoms with Crippen LogP contribution in [0.4, 0.5) is 10.5 Å². The van der Waals surface area contributed by atoms with E-state index in [1.165, 1.54) is 0 Å². The Morgan fingerprint density at radius 1 is 1.24 bits per heavy atom. The number of carbonyl (C=O) groups excluding carboxylic acids is 1. The molecular weight excluding hydrogens is 266 g/mol. The van der Waals surface area contributed by atoms with Crippen LogP contribution in [0.3, 0.4) is 0 Å². The van der Waals surface area contributed by atoms with Crippen molar-refractivity contribution in [3.05, 3.63) is 42.5 Å². The van der Waals surface area contributed by atoms with Gasteiger partial charge >= 0.3 is 6.03 Å². The van der Waals surface area contributed by atoms with Gasteiger partial charge in [0.15, 0.2) is 0 Å². The molecule has 4 N–H and O–H groups in total. The summed E-state index contributed by atoms with van der Waals surface area (Å²) in [5.41, 5.74) is 6.60. The highest BCUT2D eigenvalue weighted by molar-refractivity contribution is 6.01. The molecule has 0 saturated heterocycles. The predicted octanol–water partition coefficient (Wildman–Crippen LogP) is 2.33. The van der Waals surface area contributed by atoms with Crippen LogP contribution in [0.15, 0.2) is 42.5 Å². The van der Waals surface area contributed by atoms with Crippen molar-refractivity contribution in [3.63, 3.8) is 0 Å². The Labute approximate surface area is 124 Å². The third-order valence-electron chi connectivity index (χ3n) is 3.22. The fourth-order valence-electron chi connectivity index (χ4n) is 2.17. The summed E-state index contributed by atoms with van der Waals surface area (Å²) >= 11 is 0. The first kappa shape index (κ1) is 15.3. The number of amides is 2. The molecule has 0 radical (unpaired) electrons. The molecule has 0 bridgehead atoms. The van der Waals surface area contributed by atoms with Crippen LogP contribution >= 0.6 is 0 Å². The topological polar surface area (TPSA) is 76.4 Å². The lowest BCUT2D eigenvalue weighted by Crippen LogP contribution is -2.35. The lowest BCUT2D eigenvalue weighted by atomic mass is 10.1. The van der Waals surface area contributed by atoms with Crippen LogP contribution in [0, 0.1) is 0 Å². The summed E-state index contributed by atoms with van der Waals surface area (Å²) in [6, 6.07) is 13.5. The van der Waals surface area contributed by atoms with E-state index in [0.29, 0.717) is 19.6 Å². The summed E-state index contributed by atoms with van der Waals surface area (Å²) in [6.07, 6.45) is 0.677. The van der Waals surface area contributed by atoms with Crippen LogP contribution < -0.4 is 16.4 Å². The Morgan fingerprint density at radius 3 is 2.81 bits per heavy atom. The van der Waals surface area contributed by atoms with Gasteiger partial charge in [0.2, 0.25) is 0 Å². The van der Waals surface area contributed by atoms with Gasteiger partial charge in [-0.15, -0.1) is 0 Å². The molecule has 5 heteroatoms. The Hall–Kier alpha value is -2.11. The van der Waals surface area contributed by atoms with Crippen LogP contribution in [0.1, 0.15) is 6.42 Å². The van der Waals surface area contributed by atoms with E-state index in [2.05, 4.69) is 10.6 Å². The van der Waals surface area contributed by atoms with Crippen molar-refractivity contribution in [3.8, 4) is 0 Å². The molecule has 2 aromatic carbocycles. The summed E-state index contributed by atoms with van der Waals surface area (Å²) < 4.78 is 4.95. The molecule has 1 unspecified atom stereocenters. The lowest BCUT2D eigenvalue weighted by Gasteiger charge is -2.12. The zero-order valence-electron chi connectivity index (χ0n) is 12.1. The van der Waals surface area contributed by atoms with Crippen LogP contribution in [-0.4, -0.2) is 32.3 Å². The second-order valence-corrected chi connectivity index (χ2v) is 4.91. The first-order valence-electron chi connectivity index (χ1n) is 6.98. The molecule has 2 rings (SSSR count). The highest BCUT2D eigenvalue weighted by atomic mass is 16.5. The molecule has 0 aliphatic carbocycles. The number of nitrogens with two attached hydrogens (primary N) is 1. The molecule has 2 aromatic rings. The van der Waals surface area contributed by atoms with Gasteiger partial charge < -0.3 is 21.1 Å². The monoisotopic (exact) mass is 287 g/mol. The molecule has 21 heavy (non-hydrogen) atoms. The van der Waals surface area contributed by atoms with E-state index in [-0.39, 0.29) is 12.1 Å². The maximum atomic E-state index is 11.9. The van der Waals surface area contributed by atoms with Crippen molar-refractivity contribution < 1.29 is 9.53 Å². The number of ether oxygens (including phenoxy) is 1. The van der Waals surface area contributed by atoms with Gasteiger partial charge in [-0.2, -0.15) is 0 Å². The predicted molar refractivity (Wildman–Crippen MR) is 85.4 cm³/mol. The third kappa shape index (κ3) is 4.44. The van der Waals surface area contributed by atoms with Gasteiger partial charge in [0.25, 0.3) is 0 Å². The molecule has 0 fully saturated rings. The van der Waals surface area contributed by atoms with Crippen molar-refractivity contribution in [1.82, 2.24) is 5.32 Å². The molecule has 112 valence electrons. The molecule has 0 aliphatic rings. The molecule has 0 aliphatic heterocycles. The number of anilines is 1. The second kappa shape index (κ2) is 7.61. The van der Waals surface area contributed by atoms with Crippen molar-refractivity contribution in [2.24, 2.45) is 5.73 Å². The number of urea groups is 1. The molecule has 0 aromatic heterocycles. The quantitative estimate of drug-likeness (QED) is 0.763. The summed E-state index contributed by atoms with van der Waals surface area (Å²) in [4.78, 5) is 11.9. The van der Waals surface area contributed by atoms with Crippen molar-refractivity contribution in [2.45, 2.75) is 12.5 Å². The van der Waals surface area contributed by atoms with Gasteiger partial charge in [0.1, 0.15) is 0 Å².